The third kappa shape index (κ3) is 5.65. The second-order valence-corrected chi connectivity index (χ2v) is 8.54. The monoisotopic (exact) mass is 416 g/mol. The molecule has 2 fully saturated rings. The van der Waals surface area contributed by atoms with Crippen molar-refractivity contribution in [3.05, 3.63) is 29.8 Å². The molecule has 166 valence electrons. The van der Waals surface area contributed by atoms with Gasteiger partial charge in [-0.1, -0.05) is 26.0 Å². The summed E-state index contributed by atoms with van der Waals surface area (Å²) < 4.78 is 5.29. The Kier molecular flexibility index (Phi) is 7.96. The first-order valence-electron chi connectivity index (χ1n) is 11.2. The Hall–Kier alpha value is -2.28. The van der Waals surface area contributed by atoms with Crippen molar-refractivity contribution in [1.82, 2.24) is 20.0 Å². The molecular formula is C23H36N4O3. The summed E-state index contributed by atoms with van der Waals surface area (Å²) in [5.74, 6) is 1.01. The van der Waals surface area contributed by atoms with E-state index >= 15 is 0 Å². The van der Waals surface area contributed by atoms with E-state index in [1.165, 1.54) is 18.4 Å². The molecule has 0 saturated carbocycles. The van der Waals surface area contributed by atoms with Crippen LogP contribution in [0.5, 0.6) is 5.75 Å². The first-order chi connectivity index (χ1) is 14.5. The lowest BCUT2D eigenvalue weighted by Crippen LogP contribution is -2.45. The Morgan fingerprint density at radius 2 is 1.57 bits per heavy atom. The van der Waals surface area contributed by atoms with Gasteiger partial charge in [-0.2, -0.15) is 0 Å². The molecule has 1 aromatic carbocycles. The van der Waals surface area contributed by atoms with Crippen molar-refractivity contribution >= 4 is 11.9 Å². The highest BCUT2D eigenvalue weighted by atomic mass is 16.5. The minimum atomic E-state index is -0.0356. The molecule has 1 N–H and O–H groups in total. The summed E-state index contributed by atoms with van der Waals surface area (Å²) in [6.45, 7) is 9.15. The highest BCUT2D eigenvalue weighted by molar-refractivity contribution is 5.78. The molecule has 2 aliphatic rings. The molecular weight excluding hydrogens is 380 g/mol. The van der Waals surface area contributed by atoms with Gasteiger partial charge in [0.25, 0.3) is 0 Å². The number of urea groups is 1. The summed E-state index contributed by atoms with van der Waals surface area (Å²) in [4.78, 5) is 31.4. The van der Waals surface area contributed by atoms with Crippen molar-refractivity contribution in [3.8, 4) is 5.75 Å². The van der Waals surface area contributed by atoms with Crippen LogP contribution < -0.4 is 10.1 Å². The SMILES string of the molecule is COc1ccc(C(CNC(=O)N2CCCN(C(=O)C(C)C)CC2)N2CCCC2)cc1. The number of carbonyl (C=O) groups is 2. The number of carbonyl (C=O) groups excluding carboxylic acids is 2. The number of nitrogens with zero attached hydrogens (tertiary/aromatic N) is 3. The number of hydrogen-bond donors (Lipinski definition) is 1. The second kappa shape index (κ2) is 10.7. The van der Waals surface area contributed by atoms with Crippen molar-refractivity contribution < 1.29 is 14.3 Å². The van der Waals surface area contributed by atoms with E-state index < -0.39 is 0 Å². The fraction of sp³-hybridized carbons (Fsp3) is 0.652. The number of ether oxygens (including phenoxy) is 1. The molecule has 2 aliphatic heterocycles. The fourth-order valence-electron chi connectivity index (χ4n) is 4.34. The molecule has 0 spiro atoms. The fourth-order valence-corrected chi connectivity index (χ4v) is 4.34. The molecule has 3 amide bonds. The minimum Gasteiger partial charge on any atom is -0.497 e. The molecule has 7 heteroatoms. The summed E-state index contributed by atoms with van der Waals surface area (Å²) in [6, 6.07) is 8.27. The van der Waals surface area contributed by atoms with Crippen molar-refractivity contribution in [2.45, 2.75) is 39.2 Å². The topological polar surface area (TPSA) is 65.1 Å². The van der Waals surface area contributed by atoms with Crippen molar-refractivity contribution in [2.24, 2.45) is 5.92 Å². The van der Waals surface area contributed by atoms with Crippen LogP contribution in [-0.4, -0.2) is 79.6 Å². The average molecular weight is 417 g/mol. The number of hydrogen-bond acceptors (Lipinski definition) is 4. The van der Waals surface area contributed by atoms with E-state index in [9.17, 15) is 9.59 Å². The van der Waals surface area contributed by atoms with Crippen LogP contribution in [0, 0.1) is 5.92 Å². The van der Waals surface area contributed by atoms with E-state index in [0.717, 1.165) is 31.8 Å². The quantitative estimate of drug-likeness (QED) is 0.774. The smallest absolute Gasteiger partial charge is 0.317 e. The molecule has 2 saturated heterocycles. The standard InChI is InChI=1S/C23H36N4O3/c1-18(2)22(28)26-13-6-14-27(16-15-26)23(29)24-17-21(25-11-4-5-12-25)19-7-9-20(30-3)10-8-19/h7-10,18,21H,4-6,11-17H2,1-3H3,(H,24,29). The number of rotatable bonds is 6. The van der Waals surface area contributed by atoms with E-state index in [4.69, 9.17) is 4.74 Å². The van der Waals surface area contributed by atoms with Crippen molar-refractivity contribution in [1.29, 1.82) is 0 Å². The lowest BCUT2D eigenvalue weighted by molar-refractivity contribution is -0.134. The van der Waals surface area contributed by atoms with Crippen LogP contribution in [0.4, 0.5) is 4.79 Å². The third-order valence-electron chi connectivity index (χ3n) is 6.12. The Balaban J connectivity index is 1.59. The van der Waals surface area contributed by atoms with E-state index in [1.807, 2.05) is 35.8 Å². The van der Waals surface area contributed by atoms with Gasteiger partial charge in [0, 0.05) is 38.6 Å². The number of nitrogens with one attached hydrogen (secondary N) is 1. The molecule has 0 bridgehead atoms. The maximum atomic E-state index is 12.9. The highest BCUT2D eigenvalue weighted by Crippen LogP contribution is 2.26. The second-order valence-electron chi connectivity index (χ2n) is 8.54. The van der Waals surface area contributed by atoms with E-state index in [-0.39, 0.29) is 23.9 Å². The van der Waals surface area contributed by atoms with Gasteiger partial charge in [-0.05, 0) is 50.0 Å². The van der Waals surface area contributed by atoms with Gasteiger partial charge in [-0.25, -0.2) is 4.79 Å². The average Bonchev–Trinajstić information content (AvgIpc) is 3.17. The maximum absolute atomic E-state index is 12.9. The molecule has 30 heavy (non-hydrogen) atoms. The van der Waals surface area contributed by atoms with Gasteiger partial charge in [0.2, 0.25) is 5.91 Å². The minimum absolute atomic E-state index is 0.00362. The lowest BCUT2D eigenvalue weighted by atomic mass is 10.1. The maximum Gasteiger partial charge on any atom is 0.317 e. The van der Waals surface area contributed by atoms with Crippen LogP contribution in [0.15, 0.2) is 24.3 Å². The van der Waals surface area contributed by atoms with Crippen LogP contribution in [0.2, 0.25) is 0 Å². The van der Waals surface area contributed by atoms with E-state index in [2.05, 4.69) is 22.3 Å². The first kappa shape index (κ1) is 22.4. The molecule has 3 rings (SSSR count). The van der Waals surface area contributed by atoms with Gasteiger partial charge >= 0.3 is 6.03 Å². The number of benzene rings is 1. The molecule has 0 aliphatic carbocycles. The summed E-state index contributed by atoms with van der Waals surface area (Å²) in [5.41, 5.74) is 1.20. The van der Waals surface area contributed by atoms with Crippen LogP contribution in [-0.2, 0) is 4.79 Å². The normalized spacial score (nSPS) is 18.9. The summed E-state index contributed by atoms with van der Waals surface area (Å²) in [7, 11) is 1.67. The highest BCUT2D eigenvalue weighted by Gasteiger charge is 2.26. The number of likely N-dealkylation sites (tertiary alicyclic amines) is 1. The van der Waals surface area contributed by atoms with Crippen molar-refractivity contribution in [3.63, 3.8) is 0 Å². The number of methoxy groups -OCH3 is 1. The zero-order valence-electron chi connectivity index (χ0n) is 18.6. The molecule has 1 unspecified atom stereocenters. The Labute approximate surface area is 180 Å². The van der Waals surface area contributed by atoms with Crippen LogP contribution >= 0.6 is 0 Å². The molecule has 7 nitrogen and oxygen atoms in total. The van der Waals surface area contributed by atoms with Crippen molar-refractivity contribution in [2.75, 3.05) is 52.9 Å². The van der Waals surface area contributed by atoms with Gasteiger partial charge < -0.3 is 19.9 Å². The predicted molar refractivity (Wildman–Crippen MR) is 118 cm³/mol. The van der Waals surface area contributed by atoms with Crippen LogP contribution in [0.25, 0.3) is 0 Å². The first-order valence-corrected chi connectivity index (χ1v) is 11.2. The molecule has 1 atom stereocenters. The van der Waals surface area contributed by atoms with Gasteiger partial charge in [-0.3, -0.25) is 9.69 Å². The largest absolute Gasteiger partial charge is 0.497 e. The third-order valence-corrected chi connectivity index (χ3v) is 6.12. The van der Waals surface area contributed by atoms with Crippen LogP contribution in [0.1, 0.15) is 44.7 Å². The van der Waals surface area contributed by atoms with E-state index in [1.54, 1.807) is 7.11 Å². The van der Waals surface area contributed by atoms with Gasteiger partial charge in [0.15, 0.2) is 0 Å². The Morgan fingerprint density at radius 1 is 0.933 bits per heavy atom. The van der Waals surface area contributed by atoms with Gasteiger partial charge in [0.05, 0.1) is 13.2 Å². The summed E-state index contributed by atoms with van der Waals surface area (Å²) in [6.07, 6.45) is 3.22. The lowest BCUT2D eigenvalue weighted by Gasteiger charge is -2.30. The molecule has 1 aromatic rings. The zero-order valence-corrected chi connectivity index (χ0v) is 18.6. The summed E-state index contributed by atoms with van der Waals surface area (Å²) >= 11 is 0. The van der Waals surface area contributed by atoms with Gasteiger partial charge in [-0.15, -0.1) is 0 Å². The van der Waals surface area contributed by atoms with E-state index in [0.29, 0.717) is 26.2 Å². The Bertz CT molecular complexity index is 701. The van der Waals surface area contributed by atoms with Crippen LogP contribution in [0.3, 0.4) is 0 Å². The van der Waals surface area contributed by atoms with Gasteiger partial charge in [0.1, 0.15) is 5.75 Å². The molecule has 0 aromatic heterocycles. The molecule has 0 radical (unpaired) electrons. The summed E-state index contributed by atoms with van der Waals surface area (Å²) in [5, 5.41) is 3.16. The Morgan fingerprint density at radius 3 is 2.20 bits per heavy atom. The number of amides is 3. The molecule has 2 heterocycles. The predicted octanol–water partition coefficient (Wildman–Crippen LogP) is 2.73. The zero-order chi connectivity index (χ0) is 21.5.